The summed E-state index contributed by atoms with van der Waals surface area (Å²) in [4.78, 5) is 4.72. The van der Waals surface area contributed by atoms with Gasteiger partial charge in [0.05, 0.1) is 0 Å². The van der Waals surface area contributed by atoms with Gasteiger partial charge in [-0.05, 0) is 24.8 Å². The largest absolute Gasteiger partial charge is 0.316 e. The molecule has 3 aliphatic rings. The Kier molecular flexibility index (Phi) is 1.76. The molecule has 13 heavy (non-hydrogen) atoms. The molecule has 2 heterocycles. The number of hydrogen-bond donors (Lipinski definition) is 1. The summed E-state index contributed by atoms with van der Waals surface area (Å²) in [5.41, 5.74) is 1.48. The van der Waals surface area contributed by atoms with Crippen LogP contribution in [0.2, 0.25) is 0 Å². The highest BCUT2D eigenvalue weighted by Crippen LogP contribution is 2.35. The van der Waals surface area contributed by atoms with Crippen LogP contribution in [0.25, 0.3) is 0 Å². The summed E-state index contributed by atoms with van der Waals surface area (Å²) in [6, 6.07) is 0. The van der Waals surface area contributed by atoms with Crippen molar-refractivity contribution in [2.45, 2.75) is 12.8 Å². The van der Waals surface area contributed by atoms with Gasteiger partial charge >= 0.3 is 0 Å². The summed E-state index contributed by atoms with van der Waals surface area (Å²) < 4.78 is 0. The molecule has 0 amide bonds. The average Bonchev–Trinajstić information content (AvgIpc) is 2.65. The Balaban J connectivity index is 1.90. The quantitative estimate of drug-likeness (QED) is 0.552. The van der Waals surface area contributed by atoms with E-state index in [-0.39, 0.29) is 0 Å². The van der Waals surface area contributed by atoms with Crippen molar-refractivity contribution in [2.24, 2.45) is 22.7 Å². The minimum Gasteiger partial charge on any atom is -0.316 e. The van der Waals surface area contributed by atoms with Crippen LogP contribution in [0.1, 0.15) is 12.8 Å². The lowest BCUT2D eigenvalue weighted by Crippen LogP contribution is -2.35. The normalized spacial score (nSPS) is 42.5. The van der Waals surface area contributed by atoms with E-state index >= 15 is 0 Å². The molecule has 3 unspecified atom stereocenters. The fourth-order valence-corrected chi connectivity index (χ4v) is 3.00. The Labute approximate surface area is 79.1 Å². The van der Waals surface area contributed by atoms with E-state index in [0.717, 1.165) is 30.7 Å². The molecule has 1 N–H and O–H groups in total. The van der Waals surface area contributed by atoms with E-state index in [1.807, 2.05) is 0 Å². The highest BCUT2D eigenvalue weighted by Gasteiger charge is 2.38. The van der Waals surface area contributed by atoms with E-state index in [0.29, 0.717) is 0 Å². The Morgan fingerprint density at radius 3 is 3.31 bits per heavy atom. The predicted octanol–water partition coefficient (Wildman–Crippen LogP) is 1.24. The number of aliphatic imine (C=N–C) groups is 1. The maximum atomic E-state index is 4.72. The fraction of sp³-hybridized carbons (Fsp3) is 0.727. The smallest absolute Gasteiger partial charge is 0.0432 e. The molecule has 2 heteroatoms. The van der Waals surface area contributed by atoms with Crippen molar-refractivity contribution in [3.05, 3.63) is 12.2 Å². The topological polar surface area (TPSA) is 24.4 Å². The zero-order valence-corrected chi connectivity index (χ0v) is 7.87. The maximum Gasteiger partial charge on any atom is 0.0432 e. The Morgan fingerprint density at radius 2 is 2.31 bits per heavy atom. The molecule has 2 nitrogen and oxygen atoms in total. The molecule has 3 rings (SSSR count). The first-order valence-corrected chi connectivity index (χ1v) is 5.34. The molecule has 0 aromatic heterocycles. The third-order valence-electron chi connectivity index (χ3n) is 3.75. The van der Waals surface area contributed by atoms with E-state index in [2.05, 4.69) is 17.5 Å². The minimum absolute atomic E-state index is 0.777. The Bertz CT molecular complexity index is 267. The van der Waals surface area contributed by atoms with Gasteiger partial charge < -0.3 is 5.32 Å². The lowest BCUT2D eigenvalue weighted by molar-refractivity contribution is 0.329. The van der Waals surface area contributed by atoms with Crippen LogP contribution < -0.4 is 5.32 Å². The van der Waals surface area contributed by atoms with Gasteiger partial charge in [-0.1, -0.05) is 12.2 Å². The van der Waals surface area contributed by atoms with Gasteiger partial charge in [0.2, 0.25) is 0 Å². The SMILES string of the molecule is C1=CCC2C(=NCC3CNCC32)C1. The minimum atomic E-state index is 0.777. The van der Waals surface area contributed by atoms with Crippen molar-refractivity contribution in [3.63, 3.8) is 0 Å². The van der Waals surface area contributed by atoms with Crippen molar-refractivity contribution in [3.8, 4) is 0 Å². The molecule has 3 atom stereocenters. The van der Waals surface area contributed by atoms with Crippen molar-refractivity contribution in [2.75, 3.05) is 19.6 Å². The first-order valence-electron chi connectivity index (χ1n) is 5.34. The summed E-state index contributed by atoms with van der Waals surface area (Å²) in [5, 5.41) is 3.50. The van der Waals surface area contributed by atoms with Crippen molar-refractivity contribution >= 4 is 5.71 Å². The number of rotatable bonds is 0. The highest BCUT2D eigenvalue weighted by molar-refractivity contribution is 5.90. The molecule has 2 aliphatic heterocycles. The van der Waals surface area contributed by atoms with Crippen LogP contribution in [0.5, 0.6) is 0 Å². The standard InChI is InChI=1S/C11H16N2/c1-2-4-11-9(3-1)10-7-12-5-8(10)6-13-11/h1-2,8-10,12H,3-7H2. The molecule has 1 aliphatic carbocycles. The zero-order valence-electron chi connectivity index (χ0n) is 7.87. The van der Waals surface area contributed by atoms with Crippen LogP contribution >= 0.6 is 0 Å². The zero-order chi connectivity index (χ0) is 8.67. The number of allylic oxidation sites excluding steroid dienone is 2. The predicted molar refractivity (Wildman–Crippen MR) is 54.0 cm³/mol. The van der Waals surface area contributed by atoms with Gasteiger partial charge in [-0.3, -0.25) is 4.99 Å². The Hall–Kier alpha value is -0.630. The molecule has 0 aromatic rings. The number of fused-ring (bicyclic) bond motifs is 3. The second-order valence-electron chi connectivity index (χ2n) is 4.43. The lowest BCUT2D eigenvalue weighted by Gasteiger charge is -2.33. The average molecular weight is 176 g/mol. The van der Waals surface area contributed by atoms with Crippen molar-refractivity contribution in [1.29, 1.82) is 0 Å². The molecule has 0 spiro atoms. The highest BCUT2D eigenvalue weighted by atomic mass is 15.0. The van der Waals surface area contributed by atoms with Crippen molar-refractivity contribution < 1.29 is 0 Å². The van der Waals surface area contributed by atoms with Crippen LogP contribution in [-0.4, -0.2) is 25.3 Å². The summed E-state index contributed by atoms with van der Waals surface area (Å²) in [5.74, 6) is 2.50. The fourth-order valence-electron chi connectivity index (χ4n) is 3.00. The summed E-state index contributed by atoms with van der Waals surface area (Å²) >= 11 is 0. The maximum absolute atomic E-state index is 4.72. The van der Waals surface area contributed by atoms with Crippen LogP contribution in [0.15, 0.2) is 17.1 Å². The first-order chi connectivity index (χ1) is 6.45. The van der Waals surface area contributed by atoms with Crippen LogP contribution in [0, 0.1) is 17.8 Å². The van der Waals surface area contributed by atoms with Gasteiger partial charge in [-0.15, -0.1) is 0 Å². The number of hydrogen-bond acceptors (Lipinski definition) is 2. The second-order valence-corrected chi connectivity index (χ2v) is 4.43. The molecule has 1 fully saturated rings. The van der Waals surface area contributed by atoms with Gasteiger partial charge in [0.15, 0.2) is 0 Å². The number of nitrogens with one attached hydrogen (secondary N) is 1. The monoisotopic (exact) mass is 176 g/mol. The third-order valence-corrected chi connectivity index (χ3v) is 3.75. The van der Waals surface area contributed by atoms with Crippen LogP contribution in [-0.2, 0) is 0 Å². The van der Waals surface area contributed by atoms with Gasteiger partial charge in [-0.2, -0.15) is 0 Å². The first kappa shape index (κ1) is 7.74. The summed E-state index contributed by atoms with van der Waals surface area (Å²) in [7, 11) is 0. The second kappa shape index (κ2) is 2.95. The molecule has 70 valence electrons. The Morgan fingerprint density at radius 1 is 1.31 bits per heavy atom. The van der Waals surface area contributed by atoms with E-state index in [1.165, 1.54) is 25.2 Å². The summed E-state index contributed by atoms with van der Waals surface area (Å²) in [6.07, 6.45) is 6.97. The lowest BCUT2D eigenvalue weighted by atomic mass is 9.74. The molecule has 1 saturated heterocycles. The number of nitrogens with zero attached hydrogens (tertiary/aromatic N) is 1. The van der Waals surface area contributed by atoms with Crippen LogP contribution in [0.4, 0.5) is 0 Å². The van der Waals surface area contributed by atoms with Gasteiger partial charge in [0.1, 0.15) is 0 Å². The van der Waals surface area contributed by atoms with E-state index in [1.54, 1.807) is 0 Å². The molecule has 0 bridgehead atoms. The van der Waals surface area contributed by atoms with Crippen LogP contribution in [0.3, 0.4) is 0 Å². The molecule has 0 aromatic carbocycles. The van der Waals surface area contributed by atoms with Gasteiger partial charge in [0, 0.05) is 31.1 Å². The van der Waals surface area contributed by atoms with Crippen molar-refractivity contribution in [1.82, 2.24) is 5.32 Å². The van der Waals surface area contributed by atoms with Gasteiger partial charge in [0.25, 0.3) is 0 Å². The molecule has 0 saturated carbocycles. The van der Waals surface area contributed by atoms with E-state index in [9.17, 15) is 0 Å². The molecular formula is C11H16N2. The van der Waals surface area contributed by atoms with E-state index in [4.69, 9.17) is 4.99 Å². The molecular weight excluding hydrogens is 160 g/mol. The van der Waals surface area contributed by atoms with E-state index < -0.39 is 0 Å². The van der Waals surface area contributed by atoms with Gasteiger partial charge in [-0.25, -0.2) is 0 Å². The third kappa shape index (κ3) is 1.16. The molecule has 0 radical (unpaired) electrons. The summed E-state index contributed by atoms with van der Waals surface area (Å²) in [6.45, 7) is 3.50.